The van der Waals surface area contributed by atoms with Crippen molar-refractivity contribution in [3.05, 3.63) is 33.2 Å². The molecule has 0 radical (unpaired) electrons. The molecule has 2 N–H and O–H groups in total. The number of pyridine rings is 1. The van der Waals surface area contributed by atoms with Gasteiger partial charge in [-0.25, -0.2) is 8.42 Å². The lowest BCUT2D eigenvalue weighted by atomic mass is 9.87. The number of hydrogen-bond donors (Lipinski definition) is 2. The molecule has 168 valence electrons. The lowest BCUT2D eigenvalue weighted by molar-refractivity contribution is -0.138. The number of aromatic amines is 1. The van der Waals surface area contributed by atoms with Gasteiger partial charge in [0, 0.05) is 25.2 Å². The molecule has 0 aliphatic carbocycles. The average molecular weight is 489 g/mol. The van der Waals surface area contributed by atoms with Gasteiger partial charge >= 0.3 is 0 Å². The number of carbonyl (C=O) groups excluding carboxylic acids is 3. The minimum absolute atomic E-state index is 0.00607. The highest BCUT2D eigenvalue weighted by Gasteiger charge is 2.61. The number of rotatable bonds is 4. The Bertz CT molecular complexity index is 1100. The van der Waals surface area contributed by atoms with Crippen LogP contribution in [0.4, 0.5) is 0 Å². The zero-order valence-electron chi connectivity index (χ0n) is 16.4. The van der Waals surface area contributed by atoms with E-state index in [9.17, 15) is 27.6 Å². The van der Waals surface area contributed by atoms with Crippen LogP contribution < -0.4 is 10.7 Å². The van der Waals surface area contributed by atoms with Crippen LogP contribution in [0.5, 0.6) is 0 Å². The van der Waals surface area contributed by atoms with Crippen molar-refractivity contribution >= 4 is 50.9 Å². The summed E-state index contributed by atoms with van der Waals surface area (Å²) in [6.45, 7) is 0.453. The molecule has 10 nitrogen and oxygen atoms in total. The molecule has 3 aliphatic heterocycles. The molecule has 1 unspecified atom stereocenters. The third kappa shape index (κ3) is 4.08. The van der Waals surface area contributed by atoms with E-state index in [0.29, 0.717) is 11.6 Å². The maximum Gasteiger partial charge on any atom is 0.268 e. The molecule has 4 rings (SSSR count). The van der Waals surface area contributed by atoms with Crippen LogP contribution >= 0.6 is 23.4 Å². The van der Waals surface area contributed by atoms with E-state index < -0.39 is 32.0 Å². The van der Waals surface area contributed by atoms with Crippen LogP contribution in [-0.4, -0.2) is 88.7 Å². The Morgan fingerprint density at radius 1 is 1.26 bits per heavy atom. The molecule has 0 aromatic carbocycles. The fourth-order valence-electron chi connectivity index (χ4n) is 4.29. The summed E-state index contributed by atoms with van der Waals surface area (Å²) in [5.41, 5.74) is -0.482. The Labute approximate surface area is 187 Å². The topological polar surface area (TPSA) is 137 Å². The zero-order valence-corrected chi connectivity index (χ0v) is 18.8. The van der Waals surface area contributed by atoms with Crippen molar-refractivity contribution in [1.82, 2.24) is 20.1 Å². The van der Waals surface area contributed by atoms with Crippen molar-refractivity contribution in [3.63, 3.8) is 0 Å². The second-order valence-electron chi connectivity index (χ2n) is 7.90. The third-order valence-electron chi connectivity index (χ3n) is 6.11. The molecule has 1 atom stereocenters. The van der Waals surface area contributed by atoms with Gasteiger partial charge in [-0.1, -0.05) is 11.6 Å². The maximum absolute atomic E-state index is 12.6. The quantitative estimate of drug-likeness (QED) is 0.542. The van der Waals surface area contributed by atoms with Crippen molar-refractivity contribution in [2.75, 3.05) is 37.0 Å². The van der Waals surface area contributed by atoms with Gasteiger partial charge < -0.3 is 20.1 Å². The molecule has 3 aliphatic rings. The Morgan fingerprint density at radius 3 is 2.55 bits per heavy atom. The molecule has 3 fully saturated rings. The molecular formula is C18H21ClN4O6S2. The van der Waals surface area contributed by atoms with Crippen LogP contribution in [0.15, 0.2) is 16.9 Å². The number of hydrogen-bond acceptors (Lipinski definition) is 7. The molecular weight excluding hydrogens is 468 g/mol. The van der Waals surface area contributed by atoms with Gasteiger partial charge in [-0.15, -0.1) is 11.8 Å². The summed E-state index contributed by atoms with van der Waals surface area (Å²) in [5.74, 6) is -0.237. The number of H-pyrrole nitrogens is 1. The molecule has 1 spiro atoms. The molecule has 13 heteroatoms. The Morgan fingerprint density at radius 2 is 1.97 bits per heavy atom. The monoisotopic (exact) mass is 488 g/mol. The van der Waals surface area contributed by atoms with E-state index in [-0.39, 0.29) is 60.9 Å². The summed E-state index contributed by atoms with van der Waals surface area (Å²) in [5, 5.41) is 2.72. The summed E-state index contributed by atoms with van der Waals surface area (Å²) in [6.07, 6.45) is 0.390. The van der Waals surface area contributed by atoms with Gasteiger partial charge in [0.15, 0.2) is 15.3 Å². The van der Waals surface area contributed by atoms with Crippen LogP contribution in [0.3, 0.4) is 0 Å². The lowest BCUT2D eigenvalue weighted by Gasteiger charge is -2.52. The summed E-state index contributed by atoms with van der Waals surface area (Å²) in [6, 6.07) is 1.61. The SMILES string of the molecule is O=C(NC1CS(=O)(=O)C12CCN(C(=O)CN1CSCC1=O)CC2)c1cc(=O)cc(Cl)[nH]1. The number of thioether (sulfide) groups is 1. The number of nitrogens with one attached hydrogen (secondary N) is 2. The predicted octanol–water partition coefficient (Wildman–Crippen LogP) is -0.551. The fraction of sp³-hybridized carbons (Fsp3) is 0.556. The van der Waals surface area contributed by atoms with Gasteiger partial charge in [-0.2, -0.15) is 0 Å². The number of amides is 3. The van der Waals surface area contributed by atoms with Crippen molar-refractivity contribution < 1.29 is 22.8 Å². The molecule has 4 heterocycles. The van der Waals surface area contributed by atoms with Gasteiger partial charge in [-0.3, -0.25) is 19.2 Å². The van der Waals surface area contributed by atoms with Crippen LogP contribution in [0.2, 0.25) is 5.15 Å². The molecule has 31 heavy (non-hydrogen) atoms. The van der Waals surface area contributed by atoms with E-state index in [1.165, 1.54) is 16.7 Å². The molecule has 1 aromatic rings. The van der Waals surface area contributed by atoms with E-state index in [4.69, 9.17) is 11.6 Å². The molecule has 1 aromatic heterocycles. The van der Waals surface area contributed by atoms with Crippen LogP contribution in [0.25, 0.3) is 0 Å². The first kappa shape index (κ1) is 22.2. The molecule has 0 saturated carbocycles. The van der Waals surface area contributed by atoms with Gasteiger partial charge in [-0.05, 0) is 12.8 Å². The van der Waals surface area contributed by atoms with E-state index >= 15 is 0 Å². The van der Waals surface area contributed by atoms with Gasteiger partial charge in [0.05, 0.1) is 28.2 Å². The predicted molar refractivity (Wildman–Crippen MR) is 115 cm³/mol. The average Bonchev–Trinajstić information content (AvgIpc) is 3.11. The lowest BCUT2D eigenvalue weighted by Crippen LogP contribution is -2.72. The van der Waals surface area contributed by atoms with Crippen molar-refractivity contribution in [3.8, 4) is 0 Å². The Kier molecular flexibility index (Phi) is 5.81. The minimum atomic E-state index is -3.44. The smallest absolute Gasteiger partial charge is 0.268 e. The minimum Gasteiger partial charge on any atom is -0.345 e. The van der Waals surface area contributed by atoms with Crippen LogP contribution in [0, 0.1) is 0 Å². The van der Waals surface area contributed by atoms with E-state index in [2.05, 4.69) is 10.3 Å². The number of sulfone groups is 1. The second-order valence-corrected chi connectivity index (χ2v) is 11.6. The highest BCUT2D eigenvalue weighted by molar-refractivity contribution is 8.00. The third-order valence-corrected chi connectivity index (χ3v) is 9.97. The van der Waals surface area contributed by atoms with Gasteiger partial charge in [0.2, 0.25) is 11.8 Å². The van der Waals surface area contributed by atoms with E-state index in [0.717, 1.165) is 12.1 Å². The van der Waals surface area contributed by atoms with Gasteiger partial charge in [0.25, 0.3) is 5.91 Å². The Balaban J connectivity index is 1.41. The van der Waals surface area contributed by atoms with Crippen molar-refractivity contribution in [1.29, 1.82) is 0 Å². The first-order valence-electron chi connectivity index (χ1n) is 9.68. The Hall–Kier alpha value is -2.05. The number of aromatic nitrogens is 1. The fourth-order valence-corrected chi connectivity index (χ4v) is 7.66. The summed E-state index contributed by atoms with van der Waals surface area (Å²) in [4.78, 5) is 54.1. The number of carbonyl (C=O) groups is 3. The second kappa shape index (κ2) is 8.14. The maximum atomic E-state index is 12.6. The largest absolute Gasteiger partial charge is 0.345 e. The zero-order chi connectivity index (χ0) is 22.4. The number of halogens is 1. The summed E-state index contributed by atoms with van der Waals surface area (Å²) < 4.78 is 24.1. The van der Waals surface area contributed by atoms with E-state index in [1.807, 2.05) is 0 Å². The number of likely N-dealkylation sites (tertiary alicyclic amines) is 1. The standard InChI is InChI=1S/C18H21ClN4O6S2/c19-14-6-11(24)5-12(20-14)17(27)21-13-9-31(28,29)18(13)1-3-22(4-2-18)15(25)7-23-10-30-8-16(23)26/h5-6,13H,1-4,7-10H2,(H,20,24)(H,21,27). The molecule has 3 amide bonds. The summed E-state index contributed by atoms with van der Waals surface area (Å²) in [7, 11) is -3.44. The van der Waals surface area contributed by atoms with E-state index in [1.54, 1.807) is 4.90 Å². The first-order valence-corrected chi connectivity index (χ1v) is 12.9. The summed E-state index contributed by atoms with van der Waals surface area (Å²) >= 11 is 7.24. The van der Waals surface area contributed by atoms with Gasteiger partial charge in [0.1, 0.15) is 17.4 Å². The normalized spacial score (nSPS) is 24.2. The van der Waals surface area contributed by atoms with Crippen LogP contribution in [-0.2, 0) is 19.4 Å². The molecule has 3 saturated heterocycles. The number of nitrogens with zero attached hydrogens (tertiary/aromatic N) is 2. The van der Waals surface area contributed by atoms with Crippen LogP contribution in [0.1, 0.15) is 23.3 Å². The first-order chi connectivity index (χ1) is 14.6. The van der Waals surface area contributed by atoms with Crippen molar-refractivity contribution in [2.24, 2.45) is 0 Å². The molecule has 0 bridgehead atoms. The number of piperidine rings is 1. The highest BCUT2D eigenvalue weighted by atomic mass is 35.5. The highest BCUT2D eigenvalue weighted by Crippen LogP contribution is 2.43. The van der Waals surface area contributed by atoms with Crippen molar-refractivity contribution in [2.45, 2.75) is 23.6 Å².